The highest BCUT2D eigenvalue weighted by molar-refractivity contribution is 5.81. The first-order valence-electron chi connectivity index (χ1n) is 7.53. The standard InChI is InChI=1S/C18H12N4O2/c1-2-4-14-12(3-1)9-20-18(21-14)13-7-16-17(24-11-23-16)8-15(13)22-6-5-19-10-22/h1-10H,11H2. The second-order valence-corrected chi connectivity index (χ2v) is 5.44. The first-order valence-corrected chi connectivity index (χ1v) is 7.53. The normalized spacial score (nSPS) is 12.7. The number of para-hydroxylation sites is 1. The summed E-state index contributed by atoms with van der Waals surface area (Å²) in [6.45, 7) is 0.223. The molecule has 2 aromatic carbocycles. The molecule has 1 aliphatic heterocycles. The van der Waals surface area contributed by atoms with Crippen LogP contribution in [-0.4, -0.2) is 26.3 Å². The fourth-order valence-corrected chi connectivity index (χ4v) is 2.83. The van der Waals surface area contributed by atoms with Gasteiger partial charge < -0.3 is 14.0 Å². The molecule has 0 N–H and O–H groups in total. The Kier molecular flexibility index (Phi) is 2.75. The maximum absolute atomic E-state index is 5.52. The molecular formula is C18H12N4O2. The van der Waals surface area contributed by atoms with Gasteiger partial charge in [-0.1, -0.05) is 18.2 Å². The molecule has 6 heteroatoms. The predicted molar refractivity (Wildman–Crippen MR) is 88.2 cm³/mol. The Morgan fingerprint density at radius 3 is 2.79 bits per heavy atom. The lowest BCUT2D eigenvalue weighted by molar-refractivity contribution is 0.174. The number of hydrogen-bond acceptors (Lipinski definition) is 5. The molecule has 0 saturated carbocycles. The van der Waals surface area contributed by atoms with E-state index in [0.717, 1.165) is 22.2 Å². The van der Waals surface area contributed by atoms with Crippen molar-refractivity contribution < 1.29 is 9.47 Å². The molecule has 0 radical (unpaired) electrons. The van der Waals surface area contributed by atoms with Gasteiger partial charge in [-0.2, -0.15) is 0 Å². The highest BCUT2D eigenvalue weighted by Crippen LogP contribution is 2.39. The fraction of sp³-hybridized carbons (Fsp3) is 0.0556. The van der Waals surface area contributed by atoms with Gasteiger partial charge in [0.2, 0.25) is 6.79 Å². The highest BCUT2D eigenvalue weighted by atomic mass is 16.7. The third kappa shape index (κ3) is 2.00. The summed E-state index contributed by atoms with van der Waals surface area (Å²) >= 11 is 0. The van der Waals surface area contributed by atoms with Crippen molar-refractivity contribution in [2.75, 3.05) is 6.79 Å². The molecule has 0 spiro atoms. The molecule has 6 nitrogen and oxygen atoms in total. The summed E-state index contributed by atoms with van der Waals surface area (Å²) in [5, 5.41) is 1.01. The number of aromatic nitrogens is 4. The quantitative estimate of drug-likeness (QED) is 0.568. The lowest BCUT2D eigenvalue weighted by atomic mass is 10.1. The monoisotopic (exact) mass is 316 g/mol. The molecule has 0 atom stereocenters. The number of nitrogens with zero attached hydrogens (tertiary/aromatic N) is 4. The van der Waals surface area contributed by atoms with Crippen molar-refractivity contribution in [1.29, 1.82) is 0 Å². The van der Waals surface area contributed by atoms with Crippen molar-refractivity contribution in [3.8, 4) is 28.6 Å². The molecule has 116 valence electrons. The van der Waals surface area contributed by atoms with Crippen LogP contribution in [-0.2, 0) is 0 Å². The third-order valence-electron chi connectivity index (χ3n) is 4.00. The summed E-state index contributed by atoms with van der Waals surface area (Å²) in [7, 11) is 0. The summed E-state index contributed by atoms with van der Waals surface area (Å²) in [5.41, 5.74) is 2.66. The minimum atomic E-state index is 0.223. The Hall–Kier alpha value is -3.41. The van der Waals surface area contributed by atoms with E-state index in [1.165, 1.54) is 0 Å². The van der Waals surface area contributed by atoms with E-state index in [1.807, 2.05) is 53.4 Å². The smallest absolute Gasteiger partial charge is 0.231 e. The zero-order valence-electron chi connectivity index (χ0n) is 12.6. The number of ether oxygens (including phenoxy) is 2. The number of hydrogen-bond donors (Lipinski definition) is 0. The van der Waals surface area contributed by atoms with E-state index < -0.39 is 0 Å². The molecule has 0 saturated heterocycles. The van der Waals surface area contributed by atoms with Crippen LogP contribution in [0.15, 0.2) is 61.3 Å². The first kappa shape index (κ1) is 13.1. The number of fused-ring (bicyclic) bond motifs is 2. The zero-order chi connectivity index (χ0) is 15.9. The largest absolute Gasteiger partial charge is 0.454 e. The summed E-state index contributed by atoms with van der Waals surface area (Å²) in [6, 6.07) is 11.8. The van der Waals surface area contributed by atoms with Crippen LogP contribution in [0.3, 0.4) is 0 Å². The number of rotatable bonds is 2. The summed E-state index contributed by atoms with van der Waals surface area (Å²) < 4.78 is 12.9. The number of imidazole rings is 1. The van der Waals surface area contributed by atoms with Crippen molar-refractivity contribution in [1.82, 2.24) is 19.5 Å². The average molecular weight is 316 g/mol. The zero-order valence-corrected chi connectivity index (χ0v) is 12.6. The van der Waals surface area contributed by atoms with Crippen LogP contribution in [0, 0.1) is 0 Å². The molecule has 0 aliphatic carbocycles. The minimum absolute atomic E-state index is 0.223. The lowest BCUT2D eigenvalue weighted by Crippen LogP contribution is -1.98. The van der Waals surface area contributed by atoms with Crippen molar-refractivity contribution in [3.05, 3.63) is 61.3 Å². The molecule has 1 aliphatic rings. The van der Waals surface area contributed by atoms with Gasteiger partial charge in [0.25, 0.3) is 0 Å². The van der Waals surface area contributed by atoms with E-state index in [2.05, 4.69) is 9.97 Å². The second-order valence-electron chi connectivity index (χ2n) is 5.44. The molecule has 0 unspecified atom stereocenters. The minimum Gasteiger partial charge on any atom is -0.454 e. The Morgan fingerprint density at radius 2 is 1.92 bits per heavy atom. The summed E-state index contributed by atoms with van der Waals surface area (Å²) in [5.74, 6) is 2.05. The average Bonchev–Trinajstić information content (AvgIpc) is 3.31. The van der Waals surface area contributed by atoms with Gasteiger partial charge in [0.05, 0.1) is 17.5 Å². The van der Waals surface area contributed by atoms with Gasteiger partial charge in [-0.05, 0) is 12.1 Å². The van der Waals surface area contributed by atoms with Gasteiger partial charge >= 0.3 is 0 Å². The molecule has 0 fully saturated rings. The molecule has 4 aromatic rings. The molecule has 0 bridgehead atoms. The van der Waals surface area contributed by atoms with E-state index in [9.17, 15) is 0 Å². The van der Waals surface area contributed by atoms with Crippen molar-refractivity contribution in [2.24, 2.45) is 0 Å². The van der Waals surface area contributed by atoms with E-state index in [1.54, 1.807) is 12.5 Å². The third-order valence-corrected chi connectivity index (χ3v) is 4.00. The fourth-order valence-electron chi connectivity index (χ4n) is 2.83. The topological polar surface area (TPSA) is 62.1 Å². The Morgan fingerprint density at radius 1 is 1.04 bits per heavy atom. The van der Waals surface area contributed by atoms with E-state index in [0.29, 0.717) is 17.3 Å². The first-order chi connectivity index (χ1) is 11.9. The number of benzene rings is 2. The van der Waals surface area contributed by atoms with Gasteiger partial charge in [0.1, 0.15) is 0 Å². The van der Waals surface area contributed by atoms with Crippen molar-refractivity contribution in [3.63, 3.8) is 0 Å². The van der Waals surface area contributed by atoms with E-state index in [-0.39, 0.29) is 6.79 Å². The Labute approximate surface area is 137 Å². The van der Waals surface area contributed by atoms with Gasteiger partial charge in [-0.3, -0.25) is 0 Å². The summed E-state index contributed by atoms with van der Waals surface area (Å²) in [6.07, 6.45) is 7.18. The summed E-state index contributed by atoms with van der Waals surface area (Å²) in [4.78, 5) is 13.4. The van der Waals surface area contributed by atoms with Gasteiger partial charge in [0.15, 0.2) is 17.3 Å². The molecule has 24 heavy (non-hydrogen) atoms. The van der Waals surface area contributed by atoms with Crippen LogP contribution in [0.4, 0.5) is 0 Å². The van der Waals surface area contributed by atoms with Crippen LogP contribution in [0.5, 0.6) is 11.5 Å². The maximum Gasteiger partial charge on any atom is 0.231 e. The van der Waals surface area contributed by atoms with Crippen LogP contribution >= 0.6 is 0 Å². The lowest BCUT2D eigenvalue weighted by Gasteiger charge is -2.11. The second kappa shape index (κ2) is 5.06. The molecule has 0 amide bonds. The van der Waals surface area contributed by atoms with E-state index >= 15 is 0 Å². The molecule has 3 heterocycles. The SMILES string of the molecule is c1ccc2nc(-c3cc4c(cc3-n3ccnc3)OCO4)ncc2c1. The van der Waals surface area contributed by atoms with Gasteiger partial charge in [-0.25, -0.2) is 15.0 Å². The molecule has 5 rings (SSSR count). The van der Waals surface area contributed by atoms with Crippen LogP contribution in [0.25, 0.3) is 28.0 Å². The Bertz CT molecular complexity index is 1040. The van der Waals surface area contributed by atoms with Gasteiger partial charge in [-0.15, -0.1) is 0 Å². The van der Waals surface area contributed by atoms with Crippen LogP contribution in [0.1, 0.15) is 0 Å². The molecule has 2 aromatic heterocycles. The highest BCUT2D eigenvalue weighted by Gasteiger charge is 2.20. The Balaban J connectivity index is 1.76. The predicted octanol–water partition coefficient (Wildman–Crippen LogP) is 3.21. The van der Waals surface area contributed by atoms with Crippen molar-refractivity contribution in [2.45, 2.75) is 0 Å². The van der Waals surface area contributed by atoms with Gasteiger partial charge in [0, 0.05) is 35.6 Å². The van der Waals surface area contributed by atoms with Crippen LogP contribution in [0.2, 0.25) is 0 Å². The van der Waals surface area contributed by atoms with E-state index in [4.69, 9.17) is 14.5 Å². The maximum atomic E-state index is 5.52. The molecular weight excluding hydrogens is 304 g/mol. The van der Waals surface area contributed by atoms with Crippen molar-refractivity contribution >= 4 is 10.9 Å². The van der Waals surface area contributed by atoms with Crippen LogP contribution < -0.4 is 9.47 Å².